The number of hydrogen-bond acceptors (Lipinski definition) is 7. The van der Waals surface area contributed by atoms with Crippen molar-refractivity contribution in [1.29, 1.82) is 0 Å². The quantitative estimate of drug-likeness (QED) is 0.424. The van der Waals surface area contributed by atoms with Gasteiger partial charge in [-0.1, -0.05) is 29.8 Å². The summed E-state index contributed by atoms with van der Waals surface area (Å²) in [5.41, 5.74) is 3.46. The van der Waals surface area contributed by atoms with Crippen LogP contribution in [0, 0.1) is 11.8 Å². The first-order valence-corrected chi connectivity index (χ1v) is 17.4. The summed E-state index contributed by atoms with van der Waals surface area (Å²) >= 11 is 6.42. The predicted octanol–water partition coefficient (Wildman–Crippen LogP) is 5.74. The number of allylic oxidation sites excluding steroid dienone is 1. The van der Waals surface area contributed by atoms with Gasteiger partial charge in [-0.25, -0.2) is 4.21 Å². The third-order valence-corrected chi connectivity index (χ3v) is 10.8. The minimum absolute atomic E-state index is 0.0295. The fraction of sp³-hybridized carbons (Fsp3) is 0.515. The van der Waals surface area contributed by atoms with Crippen molar-refractivity contribution < 1.29 is 28.0 Å². The first kappa shape index (κ1) is 32.5. The zero-order valence-electron chi connectivity index (χ0n) is 25.5. The molecule has 3 aliphatic rings. The van der Waals surface area contributed by atoms with E-state index in [4.69, 9.17) is 25.8 Å². The maximum absolute atomic E-state index is 13.8. The molecular formula is C33H42ClN3O6S. The number of benzene rings is 2. The molecule has 2 aromatic rings. The Hall–Kier alpha value is -2.92. The van der Waals surface area contributed by atoms with Crippen molar-refractivity contribution in [2.45, 2.75) is 57.6 Å². The minimum Gasteiger partial charge on any atom is -0.491 e. The third kappa shape index (κ3) is 8.02. The number of nitrogens with zero attached hydrogens (tertiary/aromatic N) is 2. The lowest BCUT2D eigenvalue weighted by Gasteiger charge is -2.43. The average molecular weight is 644 g/mol. The number of nitrogens with one attached hydrogen (secondary N) is 1. The zero-order chi connectivity index (χ0) is 31.1. The Morgan fingerprint density at radius 1 is 1.14 bits per heavy atom. The summed E-state index contributed by atoms with van der Waals surface area (Å²) in [7, 11) is -0.277. The molecule has 5 rings (SSSR count). The summed E-state index contributed by atoms with van der Waals surface area (Å²) in [6.07, 6.45) is 10.0. The highest BCUT2D eigenvalue weighted by Crippen LogP contribution is 2.42. The summed E-state index contributed by atoms with van der Waals surface area (Å²) in [5.74, 6) is 0.198. The van der Waals surface area contributed by atoms with E-state index in [1.807, 2.05) is 12.1 Å². The molecule has 1 aliphatic carbocycles. The number of anilines is 1. The van der Waals surface area contributed by atoms with E-state index < -0.39 is 21.7 Å². The molecule has 0 unspecified atom stereocenters. The number of carbonyl (C=O) groups excluding carboxylic acids is 2. The van der Waals surface area contributed by atoms with E-state index in [9.17, 15) is 13.8 Å². The molecule has 2 bridgehead atoms. The van der Waals surface area contributed by atoms with E-state index in [-0.39, 0.29) is 24.0 Å². The molecule has 2 aromatic carbocycles. The number of carbonyl (C=O) groups is 2. The third-order valence-electron chi connectivity index (χ3n) is 8.70. The van der Waals surface area contributed by atoms with Crippen LogP contribution in [0.25, 0.3) is 0 Å². The number of rotatable bonds is 4. The van der Waals surface area contributed by atoms with Crippen molar-refractivity contribution in [2.75, 3.05) is 44.6 Å². The molecule has 2 heterocycles. The average Bonchev–Trinajstić information content (AvgIpc) is 3.00. The first-order valence-electron chi connectivity index (χ1n) is 15.4. The molecule has 9 nitrogen and oxygen atoms in total. The van der Waals surface area contributed by atoms with Crippen LogP contribution in [0.5, 0.6) is 5.75 Å². The van der Waals surface area contributed by atoms with Gasteiger partial charge in [0.05, 0.1) is 24.2 Å². The molecule has 0 radical (unpaired) electrons. The van der Waals surface area contributed by atoms with Gasteiger partial charge in [-0.2, -0.15) is 0 Å². The summed E-state index contributed by atoms with van der Waals surface area (Å²) in [4.78, 5) is 28.3. The molecule has 2 aliphatic heterocycles. The Balaban J connectivity index is 1.61. The van der Waals surface area contributed by atoms with Crippen LogP contribution in [0.2, 0.25) is 5.02 Å². The van der Waals surface area contributed by atoms with Crippen LogP contribution in [0.1, 0.15) is 60.0 Å². The normalized spacial score (nSPS) is 26.8. The molecule has 44 heavy (non-hydrogen) atoms. The van der Waals surface area contributed by atoms with Gasteiger partial charge in [-0.15, -0.1) is 4.36 Å². The number of hydrogen-bond donors (Lipinski definition) is 1. The first-order chi connectivity index (χ1) is 21.3. The zero-order valence-corrected chi connectivity index (χ0v) is 27.0. The second-order valence-corrected chi connectivity index (χ2v) is 14.3. The van der Waals surface area contributed by atoms with Crippen molar-refractivity contribution >= 4 is 39.0 Å². The van der Waals surface area contributed by atoms with Gasteiger partial charge >= 0.3 is 0 Å². The molecule has 1 fully saturated rings. The highest BCUT2D eigenvalue weighted by atomic mass is 35.5. The van der Waals surface area contributed by atoms with Crippen LogP contribution in [0.4, 0.5) is 5.69 Å². The van der Waals surface area contributed by atoms with Crippen LogP contribution in [-0.2, 0) is 37.1 Å². The Morgan fingerprint density at radius 3 is 2.77 bits per heavy atom. The number of halogens is 1. The molecule has 4 atom stereocenters. The highest BCUT2D eigenvalue weighted by molar-refractivity contribution is 7.92. The molecule has 1 saturated carbocycles. The number of methoxy groups -OCH3 is 2. The smallest absolute Gasteiger partial charge is 0.286 e. The lowest BCUT2D eigenvalue weighted by atomic mass is 9.70. The summed E-state index contributed by atoms with van der Waals surface area (Å²) in [6, 6.07) is 11.3. The summed E-state index contributed by atoms with van der Waals surface area (Å²) in [6.45, 7) is 1.61. The van der Waals surface area contributed by atoms with Crippen molar-refractivity contribution in [3.8, 4) is 5.75 Å². The van der Waals surface area contributed by atoms with Gasteiger partial charge in [0.1, 0.15) is 22.3 Å². The molecule has 11 heteroatoms. The van der Waals surface area contributed by atoms with Gasteiger partial charge in [0.25, 0.3) is 11.8 Å². The Morgan fingerprint density at radius 2 is 2.00 bits per heavy atom. The fourth-order valence-corrected chi connectivity index (χ4v) is 8.04. The molecule has 238 valence electrons. The maximum Gasteiger partial charge on any atom is 0.286 e. The molecule has 0 spiro atoms. The van der Waals surface area contributed by atoms with E-state index in [0.29, 0.717) is 48.6 Å². The molecular weight excluding hydrogens is 602 g/mol. The molecule has 2 amide bonds. The van der Waals surface area contributed by atoms with Gasteiger partial charge < -0.3 is 19.1 Å². The van der Waals surface area contributed by atoms with E-state index >= 15 is 0 Å². The predicted molar refractivity (Wildman–Crippen MR) is 173 cm³/mol. The SMILES string of the molecule is COCC(=O)N[S@]1(=O)=NC(=O)c2ccc3c(c2)N(Cc2ccc(Cl)cc2CCCCO3)C[C@@H]2CC[C@H]2[C@@H](OC)/C=C/CCC1. The summed E-state index contributed by atoms with van der Waals surface area (Å²) in [5, 5.41) is 0.715. The largest absolute Gasteiger partial charge is 0.491 e. The van der Waals surface area contributed by atoms with Crippen LogP contribution < -0.4 is 14.4 Å². The van der Waals surface area contributed by atoms with Gasteiger partial charge in [0.2, 0.25) is 0 Å². The second-order valence-electron chi connectivity index (χ2n) is 11.8. The minimum atomic E-state index is -3.40. The molecule has 1 N–H and O–H groups in total. The molecule has 0 saturated heterocycles. The van der Waals surface area contributed by atoms with Gasteiger partial charge in [0.15, 0.2) is 0 Å². The number of ether oxygens (including phenoxy) is 3. The van der Waals surface area contributed by atoms with Crippen molar-refractivity contribution in [3.63, 3.8) is 0 Å². The lowest BCUT2D eigenvalue weighted by molar-refractivity contribution is -0.122. The van der Waals surface area contributed by atoms with E-state index in [1.54, 1.807) is 25.3 Å². The van der Waals surface area contributed by atoms with Crippen LogP contribution in [0.15, 0.2) is 52.9 Å². The topological polar surface area (TPSA) is 107 Å². The van der Waals surface area contributed by atoms with Crippen molar-refractivity contribution in [2.24, 2.45) is 16.2 Å². The van der Waals surface area contributed by atoms with Crippen LogP contribution >= 0.6 is 11.6 Å². The van der Waals surface area contributed by atoms with Crippen LogP contribution in [-0.4, -0.2) is 61.9 Å². The van der Waals surface area contributed by atoms with Gasteiger partial charge in [-0.05, 0) is 98.2 Å². The number of aryl methyl sites for hydroxylation is 1. The Bertz CT molecular complexity index is 1500. The second kappa shape index (κ2) is 14.9. The Labute approximate surface area is 265 Å². The number of amides is 2. The van der Waals surface area contributed by atoms with E-state index in [0.717, 1.165) is 44.3 Å². The lowest BCUT2D eigenvalue weighted by Crippen LogP contribution is -2.43. The van der Waals surface area contributed by atoms with E-state index in [1.165, 1.54) is 18.2 Å². The van der Waals surface area contributed by atoms with Crippen LogP contribution in [0.3, 0.4) is 0 Å². The number of fused-ring (bicyclic) bond motifs is 3. The fourth-order valence-electron chi connectivity index (χ4n) is 6.26. The molecule has 0 aromatic heterocycles. The standard InChI is InChI=1S/C33H42ClN3O6S/c1-41-22-32(38)35-44(40)17-7-3-4-9-30(42-2)28-14-11-26(28)21-37-20-25-10-13-27(34)18-23(25)8-5-6-16-43-31-15-12-24(19-29(31)37)33(39)36-44/h4,9-10,12-13,15,18-19,26,28,30H,3,5-8,11,14,16-17,20-22H2,1-2H3,(H,35,36,38,39,40)/b9-4+/t26-,28+,30-,44-/m0/s1. The Kier molecular flexibility index (Phi) is 11.0. The van der Waals surface area contributed by atoms with Crippen molar-refractivity contribution in [1.82, 2.24) is 4.72 Å². The van der Waals surface area contributed by atoms with Gasteiger partial charge in [-0.3, -0.25) is 14.3 Å². The van der Waals surface area contributed by atoms with Gasteiger partial charge in [0, 0.05) is 37.9 Å². The van der Waals surface area contributed by atoms with E-state index in [2.05, 4.69) is 32.2 Å². The monoisotopic (exact) mass is 643 g/mol. The van der Waals surface area contributed by atoms with Crippen molar-refractivity contribution in [3.05, 3.63) is 70.3 Å². The summed E-state index contributed by atoms with van der Waals surface area (Å²) < 4.78 is 37.6. The highest BCUT2D eigenvalue weighted by Gasteiger charge is 2.38. The maximum atomic E-state index is 13.8.